The van der Waals surface area contributed by atoms with E-state index in [9.17, 15) is 18.8 Å². The predicted octanol–water partition coefficient (Wildman–Crippen LogP) is 3.76. The average Bonchev–Trinajstić information content (AvgIpc) is 2.98. The Morgan fingerprint density at radius 2 is 1.90 bits per heavy atom. The number of hydrogen-bond donors (Lipinski definition) is 1. The van der Waals surface area contributed by atoms with Gasteiger partial charge in [-0.25, -0.2) is 4.39 Å². The van der Waals surface area contributed by atoms with Gasteiger partial charge in [0.05, 0.1) is 11.4 Å². The van der Waals surface area contributed by atoms with E-state index in [4.69, 9.17) is 11.6 Å². The summed E-state index contributed by atoms with van der Waals surface area (Å²) in [5.74, 6) is -1.18. The fourth-order valence-corrected chi connectivity index (χ4v) is 3.97. The summed E-state index contributed by atoms with van der Waals surface area (Å²) in [5, 5.41) is 2.92. The van der Waals surface area contributed by atoms with E-state index in [1.807, 2.05) is 24.1 Å². The third kappa shape index (κ3) is 6.40. The number of halogens is 2. The largest absolute Gasteiger partial charge is 0.353 e. The number of nitrogens with one attached hydrogen (secondary N) is 1. The second-order valence-corrected chi connectivity index (χ2v) is 8.43. The van der Waals surface area contributed by atoms with E-state index in [2.05, 4.69) is 5.32 Å². The van der Waals surface area contributed by atoms with Crippen molar-refractivity contribution >= 4 is 46.5 Å². The number of carbonyl (C=O) groups is 3. The lowest BCUT2D eigenvalue weighted by atomic mass is 10.2. The molecule has 0 saturated carbocycles. The standard InChI is InChI=1S/C22H21ClFN3O3S/c1-26(13-15-6-8-17(23)9-7-15)14-20(28)25-10-11-27-21(29)19(31-22(27)30)12-16-4-2-3-5-18(16)24/h2-9,12H,10-11,13-14H2,1H3,(H,25,28)/b19-12+. The van der Waals surface area contributed by atoms with Gasteiger partial charge in [0, 0.05) is 30.2 Å². The van der Waals surface area contributed by atoms with Gasteiger partial charge in [-0.1, -0.05) is 41.9 Å². The molecule has 0 spiro atoms. The molecule has 2 aromatic carbocycles. The Bertz CT molecular complexity index is 1010. The molecule has 2 aromatic rings. The minimum Gasteiger partial charge on any atom is -0.353 e. The number of nitrogens with zero attached hydrogens (tertiary/aromatic N) is 2. The van der Waals surface area contributed by atoms with E-state index >= 15 is 0 Å². The molecule has 31 heavy (non-hydrogen) atoms. The van der Waals surface area contributed by atoms with Gasteiger partial charge in [0.1, 0.15) is 5.82 Å². The van der Waals surface area contributed by atoms with E-state index < -0.39 is 17.0 Å². The Morgan fingerprint density at radius 3 is 2.61 bits per heavy atom. The van der Waals surface area contributed by atoms with Gasteiger partial charge in [-0.05, 0) is 48.6 Å². The van der Waals surface area contributed by atoms with Crippen molar-refractivity contribution in [2.45, 2.75) is 6.54 Å². The Morgan fingerprint density at radius 1 is 1.19 bits per heavy atom. The van der Waals surface area contributed by atoms with Crippen molar-refractivity contribution in [3.8, 4) is 0 Å². The lowest BCUT2D eigenvalue weighted by Gasteiger charge is -2.17. The van der Waals surface area contributed by atoms with Crippen LogP contribution in [0.15, 0.2) is 53.4 Å². The Balaban J connectivity index is 1.47. The third-order valence-corrected chi connectivity index (χ3v) is 5.66. The lowest BCUT2D eigenvalue weighted by molar-refractivity contribution is -0.124. The van der Waals surface area contributed by atoms with Gasteiger partial charge >= 0.3 is 0 Å². The van der Waals surface area contributed by atoms with Crippen molar-refractivity contribution in [2.75, 3.05) is 26.7 Å². The van der Waals surface area contributed by atoms with Gasteiger partial charge in [-0.3, -0.25) is 24.2 Å². The molecule has 1 fully saturated rings. The van der Waals surface area contributed by atoms with Crippen LogP contribution < -0.4 is 5.32 Å². The first-order chi connectivity index (χ1) is 14.8. The number of imide groups is 1. The van der Waals surface area contributed by atoms with Crippen LogP contribution in [0.1, 0.15) is 11.1 Å². The summed E-state index contributed by atoms with van der Waals surface area (Å²) < 4.78 is 13.8. The maximum absolute atomic E-state index is 13.8. The van der Waals surface area contributed by atoms with Crippen molar-refractivity contribution in [3.05, 3.63) is 75.4 Å². The second-order valence-electron chi connectivity index (χ2n) is 7.00. The topological polar surface area (TPSA) is 69.7 Å². The average molecular weight is 462 g/mol. The molecule has 3 amide bonds. The smallest absolute Gasteiger partial charge is 0.293 e. The molecule has 1 N–H and O–H groups in total. The minimum absolute atomic E-state index is 0.0475. The van der Waals surface area contributed by atoms with Crippen molar-refractivity contribution in [1.29, 1.82) is 0 Å². The van der Waals surface area contributed by atoms with Crippen LogP contribution in [-0.4, -0.2) is 53.5 Å². The Kier molecular flexibility index (Phi) is 7.84. The summed E-state index contributed by atoms with van der Waals surface area (Å²) in [5.41, 5.74) is 1.27. The van der Waals surface area contributed by atoms with Crippen LogP contribution >= 0.6 is 23.4 Å². The van der Waals surface area contributed by atoms with Crippen molar-refractivity contribution < 1.29 is 18.8 Å². The first kappa shape index (κ1) is 23.0. The summed E-state index contributed by atoms with van der Waals surface area (Å²) in [6.07, 6.45) is 1.37. The molecule has 1 aliphatic heterocycles. The molecule has 0 atom stereocenters. The van der Waals surface area contributed by atoms with Gasteiger partial charge < -0.3 is 5.32 Å². The quantitative estimate of drug-likeness (QED) is 0.606. The SMILES string of the molecule is CN(CC(=O)NCCN1C(=O)S/C(=C/c2ccccc2F)C1=O)Cc1ccc(Cl)cc1. The van der Waals surface area contributed by atoms with Crippen LogP contribution in [0, 0.1) is 5.82 Å². The normalized spacial score (nSPS) is 15.2. The zero-order valence-corrected chi connectivity index (χ0v) is 18.4. The van der Waals surface area contributed by atoms with E-state index in [1.165, 1.54) is 18.2 Å². The number of thioether (sulfide) groups is 1. The van der Waals surface area contributed by atoms with E-state index in [0.717, 1.165) is 22.2 Å². The fourth-order valence-electron chi connectivity index (χ4n) is 2.99. The van der Waals surface area contributed by atoms with Gasteiger partial charge in [0.25, 0.3) is 11.1 Å². The van der Waals surface area contributed by atoms with Crippen LogP contribution in [-0.2, 0) is 16.1 Å². The molecule has 0 aromatic heterocycles. The predicted molar refractivity (Wildman–Crippen MR) is 120 cm³/mol. The highest BCUT2D eigenvalue weighted by atomic mass is 35.5. The molecular formula is C22H21ClFN3O3S. The van der Waals surface area contributed by atoms with Crippen molar-refractivity contribution in [2.24, 2.45) is 0 Å². The highest BCUT2D eigenvalue weighted by molar-refractivity contribution is 8.18. The maximum Gasteiger partial charge on any atom is 0.293 e. The molecule has 6 nitrogen and oxygen atoms in total. The summed E-state index contributed by atoms with van der Waals surface area (Å²) in [6, 6.07) is 13.4. The van der Waals surface area contributed by atoms with E-state index in [1.54, 1.807) is 24.3 Å². The van der Waals surface area contributed by atoms with Gasteiger partial charge in [-0.2, -0.15) is 0 Å². The number of rotatable bonds is 8. The third-order valence-electron chi connectivity index (χ3n) is 4.50. The first-order valence-electron chi connectivity index (χ1n) is 9.53. The molecule has 1 saturated heterocycles. The number of likely N-dealkylation sites (N-methyl/N-ethyl adjacent to an activating group) is 1. The molecule has 1 heterocycles. The summed E-state index contributed by atoms with van der Waals surface area (Å²) in [7, 11) is 1.82. The number of carbonyl (C=O) groups excluding carboxylic acids is 3. The highest BCUT2D eigenvalue weighted by Crippen LogP contribution is 2.32. The van der Waals surface area contributed by atoms with Crippen LogP contribution in [0.5, 0.6) is 0 Å². The summed E-state index contributed by atoms with van der Waals surface area (Å²) in [6.45, 7) is 0.927. The number of hydrogen-bond acceptors (Lipinski definition) is 5. The van der Waals surface area contributed by atoms with Gasteiger partial charge in [0.2, 0.25) is 5.91 Å². The highest BCUT2D eigenvalue weighted by Gasteiger charge is 2.34. The number of benzene rings is 2. The van der Waals surface area contributed by atoms with E-state index in [0.29, 0.717) is 11.6 Å². The van der Waals surface area contributed by atoms with Crippen LogP contribution in [0.2, 0.25) is 5.02 Å². The Labute approximate surface area is 189 Å². The molecule has 162 valence electrons. The molecular weight excluding hydrogens is 441 g/mol. The summed E-state index contributed by atoms with van der Waals surface area (Å²) in [4.78, 5) is 39.8. The monoisotopic (exact) mass is 461 g/mol. The molecule has 0 aliphatic carbocycles. The first-order valence-corrected chi connectivity index (χ1v) is 10.7. The van der Waals surface area contributed by atoms with Gasteiger partial charge in [-0.15, -0.1) is 0 Å². The van der Waals surface area contributed by atoms with Crippen molar-refractivity contribution in [1.82, 2.24) is 15.1 Å². The molecule has 0 bridgehead atoms. The van der Waals surface area contributed by atoms with Gasteiger partial charge in [0.15, 0.2) is 0 Å². The molecule has 0 unspecified atom stereocenters. The van der Waals surface area contributed by atoms with Crippen molar-refractivity contribution in [3.63, 3.8) is 0 Å². The van der Waals surface area contributed by atoms with Crippen LogP contribution in [0.4, 0.5) is 9.18 Å². The summed E-state index contributed by atoms with van der Waals surface area (Å²) >= 11 is 6.63. The molecule has 9 heteroatoms. The van der Waals surface area contributed by atoms with Crippen LogP contribution in [0.3, 0.4) is 0 Å². The lowest BCUT2D eigenvalue weighted by Crippen LogP contribution is -2.40. The van der Waals surface area contributed by atoms with E-state index in [-0.39, 0.29) is 36.0 Å². The molecule has 1 aliphatic rings. The minimum atomic E-state index is -0.493. The number of amides is 3. The Hall–Kier alpha value is -2.68. The maximum atomic E-state index is 13.8. The molecule has 0 radical (unpaired) electrons. The zero-order valence-electron chi connectivity index (χ0n) is 16.8. The van der Waals surface area contributed by atoms with Crippen LogP contribution in [0.25, 0.3) is 6.08 Å². The molecule has 3 rings (SSSR count). The second kappa shape index (κ2) is 10.6. The zero-order chi connectivity index (χ0) is 22.4. The fraction of sp³-hybridized carbons (Fsp3) is 0.227.